The van der Waals surface area contributed by atoms with Gasteiger partial charge in [-0.3, -0.25) is 0 Å². The molecule has 0 fully saturated rings. The van der Waals surface area contributed by atoms with E-state index in [2.05, 4.69) is 57.8 Å². The van der Waals surface area contributed by atoms with Gasteiger partial charge in [-0.25, -0.2) is 0 Å². The van der Waals surface area contributed by atoms with Crippen molar-refractivity contribution in [2.75, 3.05) is 0 Å². The Labute approximate surface area is 188 Å². The standard InChI is InChI=1S/2C7H15.C6H5.Mo.H3O2PS2/c2*1-3-5-7-6-4-2;1-2-4-6-5-3-1;;1-3(2,4)5/h2*1,3-7H2,2H3;1-5H;;(H3,1,2,4,5)/q3*-1;+3;/p-3. The molecule has 0 bridgehead atoms. The van der Waals surface area contributed by atoms with Gasteiger partial charge in [0.05, 0.1) is 0 Å². The Hall–Kier alpha value is 0.828. The van der Waals surface area contributed by atoms with Gasteiger partial charge in [0.25, 0.3) is 0 Å². The SMILES string of the molecule is [CH2-]CCCCCC.[CH2-]CCCCCC.[Mo+3].[O-]P([O-])(=S)[S-].[c-]1ccccc1. The van der Waals surface area contributed by atoms with Gasteiger partial charge in [-0.2, -0.15) is 61.0 Å². The topological polar surface area (TPSA) is 46.1 Å². The molecule has 0 N–H and O–H groups in total. The van der Waals surface area contributed by atoms with Gasteiger partial charge in [0.1, 0.15) is 0 Å². The molecule has 0 aliphatic carbocycles. The molecule has 6 heteroatoms. The van der Waals surface area contributed by atoms with Gasteiger partial charge < -0.3 is 41.6 Å². The third-order valence-electron chi connectivity index (χ3n) is 2.81. The van der Waals surface area contributed by atoms with Crippen LogP contribution >= 0.6 is 5.69 Å². The predicted octanol–water partition coefficient (Wildman–Crippen LogP) is 5.54. The first-order chi connectivity index (χ1) is 11.8. The summed E-state index contributed by atoms with van der Waals surface area (Å²) in [6.07, 6.45) is 13.0. The zero-order chi connectivity index (χ0) is 19.8. The Kier molecular flexibility index (Phi) is 40.4. The van der Waals surface area contributed by atoms with E-state index < -0.39 is 5.69 Å². The molecule has 1 aromatic carbocycles. The van der Waals surface area contributed by atoms with Crippen LogP contribution in [0, 0.1) is 19.9 Å². The maximum Gasteiger partial charge on any atom is 3.00 e. The van der Waals surface area contributed by atoms with Gasteiger partial charge in [0, 0.05) is 0 Å². The maximum absolute atomic E-state index is 9.29. The second kappa shape index (κ2) is 30.6. The van der Waals surface area contributed by atoms with Crippen LogP contribution < -0.4 is 9.79 Å². The van der Waals surface area contributed by atoms with E-state index in [4.69, 9.17) is 0 Å². The predicted molar refractivity (Wildman–Crippen MR) is 115 cm³/mol. The fourth-order valence-corrected chi connectivity index (χ4v) is 1.55. The minimum atomic E-state index is -3.72. The van der Waals surface area contributed by atoms with E-state index in [0.29, 0.717) is 0 Å². The van der Waals surface area contributed by atoms with E-state index in [1.54, 1.807) is 0 Å². The quantitative estimate of drug-likeness (QED) is 0.155. The molecule has 153 valence electrons. The summed E-state index contributed by atoms with van der Waals surface area (Å²) in [5, 5.41) is 0. The van der Waals surface area contributed by atoms with Crippen molar-refractivity contribution < 1.29 is 30.9 Å². The summed E-state index contributed by atoms with van der Waals surface area (Å²) >= 11 is 7.28. The Morgan fingerprint density at radius 2 is 1.19 bits per heavy atom. The number of rotatable bonds is 8. The maximum atomic E-state index is 9.29. The van der Waals surface area contributed by atoms with Crippen molar-refractivity contribution in [2.24, 2.45) is 0 Å². The van der Waals surface area contributed by atoms with Gasteiger partial charge in [-0.1, -0.05) is 65.2 Å². The number of hydrogen-bond acceptors (Lipinski definition) is 4. The van der Waals surface area contributed by atoms with Gasteiger partial charge in [-0.15, -0.1) is 0 Å². The normalized spacial score (nSPS) is 9.19. The van der Waals surface area contributed by atoms with Crippen molar-refractivity contribution in [3.63, 3.8) is 0 Å². The molecule has 0 saturated carbocycles. The monoisotopic (exact) mass is 500 g/mol. The van der Waals surface area contributed by atoms with Crippen LogP contribution in [-0.4, -0.2) is 0 Å². The molecule has 1 radical (unpaired) electrons. The first-order valence-electron chi connectivity index (χ1n) is 9.06. The zero-order valence-corrected chi connectivity index (χ0v) is 20.9. The van der Waals surface area contributed by atoms with Gasteiger partial charge in [-0.05, 0) is 0 Å². The third kappa shape index (κ3) is 64.1. The smallest absolute Gasteiger partial charge is 0.850 e. The molecule has 0 spiro atoms. The summed E-state index contributed by atoms with van der Waals surface area (Å²) in [4.78, 5) is 18.6. The number of benzene rings is 1. The van der Waals surface area contributed by atoms with E-state index >= 15 is 0 Å². The van der Waals surface area contributed by atoms with Crippen LogP contribution in [0.2, 0.25) is 0 Å². The fraction of sp³-hybridized carbons (Fsp3) is 0.600. The molecule has 0 unspecified atom stereocenters. The molecule has 0 amide bonds. The molecule has 26 heavy (non-hydrogen) atoms. The third-order valence-corrected chi connectivity index (χ3v) is 2.81. The van der Waals surface area contributed by atoms with Crippen LogP contribution in [0.1, 0.15) is 78.1 Å². The van der Waals surface area contributed by atoms with Crippen molar-refractivity contribution in [2.45, 2.75) is 78.1 Å². The van der Waals surface area contributed by atoms with E-state index in [0.717, 1.165) is 12.8 Å². The van der Waals surface area contributed by atoms with Gasteiger partial charge >= 0.3 is 21.1 Å². The molecule has 1 aromatic rings. The minimum absolute atomic E-state index is 0. The van der Waals surface area contributed by atoms with Crippen molar-refractivity contribution >= 4 is 29.7 Å². The molecule has 1 rings (SSSR count). The summed E-state index contributed by atoms with van der Waals surface area (Å²) in [7, 11) is 0. The summed E-state index contributed by atoms with van der Waals surface area (Å²) in [5.74, 6) is 0. The number of unbranched alkanes of at least 4 members (excludes halogenated alkanes) is 8. The Balaban J connectivity index is -0.000000123. The summed E-state index contributed by atoms with van der Waals surface area (Å²) in [6, 6.07) is 12.5. The first-order valence-corrected chi connectivity index (χ1v) is 12.7. The molecular weight excluding hydrogens is 463 g/mol. The Morgan fingerprint density at radius 1 is 0.846 bits per heavy atom. The first kappa shape index (κ1) is 34.3. The second-order valence-corrected chi connectivity index (χ2v) is 9.83. The van der Waals surface area contributed by atoms with Crippen molar-refractivity contribution in [1.29, 1.82) is 0 Å². The Bertz CT molecular complexity index is 309. The molecule has 0 saturated heterocycles. The van der Waals surface area contributed by atoms with Crippen molar-refractivity contribution in [3.05, 3.63) is 50.2 Å². The summed E-state index contributed by atoms with van der Waals surface area (Å²) < 4.78 is 0. The van der Waals surface area contributed by atoms with Crippen molar-refractivity contribution in [1.82, 2.24) is 0 Å². The molecule has 0 aliphatic heterocycles. The molecule has 0 atom stereocenters. The van der Waals surface area contributed by atoms with Gasteiger partial charge in [0.2, 0.25) is 0 Å². The van der Waals surface area contributed by atoms with E-state index in [9.17, 15) is 9.79 Å². The average Bonchev–Trinajstić information content (AvgIpc) is 2.57. The Morgan fingerprint density at radius 3 is 1.35 bits per heavy atom. The molecule has 0 aliphatic rings. The number of hydrogen-bond donors (Lipinski definition) is 0. The largest absolute Gasteiger partial charge is 3.00 e. The summed E-state index contributed by atoms with van der Waals surface area (Å²) in [6.45, 7) is 12.0. The van der Waals surface area contributed by atoms with Crippen LogP contribution in [-0.2, 0) is 45.1 Å². The van der Waals surface area contributed by atoms with E-state index in [1.165, 1.54) is 51.4 Å². The zero-order valence-electron chi connectivity index (χ0n) is 16.4. The second-order valence-electron chi connectivity index (χ2n) is 5.35. The van der Waals surface area contributed by atoms with Crippen LogP contribution in [0.5, 0.6) is 0 Å². The minimum Gasteiger partial charge on any atom is -0.850 e. The average molecular weight is 499 g/mol. The fourth-order valence-electron chi connectivity index (χ4n) is 1.55. The van der Waals surface area contributed by atoms with Crippen LogP contribution in [0.25, 0.3) is 0 Å². The van der Waals surface area contributed by atoms with Gasteiger partial charge in [0.15, 0.2) is 0 Å². The summed E-state index contributed by atoms with van der Waals surface area (Å²) in [5.41, 5.74) is -3.72. The van der Waals surface area contributed by atoms with Crippen molar-refractivity contribution in [3.8, 4) is 0 Å². The van der Waals surface area contributed by atoms with Crippen LogP contribution in [0.4, 0.5) is 0 Å². The molecule has 2 nitrogen and oxygen atoms in total. The van der Waals surface area contributed by atoms with E-state index in [-0.39, 0.29) is 21.1 Å². The van der Waals surface area contributed by atoms with Crippen LogP contribution in [0.3, 0.4) is 0 Å². The van der Waals surface area contributed by atoms with E-state index in [1.807, 2.05) is 30.3 Å². The molecule has 0 aromatic heterocycles. The van der Waals surface area contributed by atoms with Crippen LogP contribution in [0.15, 0.2) is 30.3 Å². The molecular formula is C20H35MoO2PS2-3. The molecule has 0 heterocycles.